The highest BCUT2D eigenvalue weighted by Crippen LogP contribution is 2.26. The van der Waals surface area contributed by atoms with Crippen LogP contribution in [0, 0.1) is 11.8 Å². The highest BCUT2D eigenvalue weighted by atomic mass is 16.2. The molecule has 0 radical (unpaired) electrons. The second-order valence-corrected chi connectivity index (χ2v) is 11.3. The molecular formula is C31H42N6O2. The van der Waals surface area contributed by atoms with Gasteiger partial charge in [-0.05, 0) is 54.5 Å². The molecule has 0 bridgehead atoms. The van der Waals surface area contributed by atoms with E-state index in [4.69, 9.17) is 0 Å². The Balaban J connectivity index is 1.72. The number of hydrogen-bond donors (Lipinski definition) is 0. The molecule has 3 aromatic rings. The number of carbonyl (C=O) groups is 2. The van der Waals surface area contributed by atoms with Crippen molar-refractivity contribution in [2.45, 2.75) is 53.5 Å². The minimum Gasteiger partial charge on any atom is -0.355 e. The van der Waals surface area contributed by atoms with Crippen LogP contribution in [0.1, 0.15) is 62.3 Å². The molecule has 0 spiro atoms. The summed E-state index contributed by atoms with van der Waals surface area (Å²) in [7, 11) is 1.84. The Morgan fingerprint density at radius 3 is 2.41 bits per heavy atom. The van der Waals surface area contributed by atoms with E-state index in [9.17, 15) is 9.59 Å². The van der Waals surface area contributed by atoms with Gasteiger partial charge in [0.1, 0.15) is 11.5 Å². The largest absolute Gasteiger partial charge is 0.355 e. The maximum absolute atomic E-state index is 14.0. The number of carbonyl (C=O) groups excluding carboxylic acids is 2. The highest BCUT2D eigenvalue weighted by molar-refractivity contribution is 5.95. The molecule has 2 aromatic heterocycles. The molecule has 0 fully saturated rings. The fourth-order valence-corrected chi connectivity index (χ4v) is 5.15. The first-order chi connectivity index (χ1) is 18.7. The minimum atomic E-state index is -0.0601. The SMILES string of the molecule is CC(C)CC(=O)N1CCCN(c2ccccn2)CCN(C(=O)c2cc(CC(C)C)nn2C)Cc2ccccc21. The van der Waals surface area contributed by atoms with Crippen LogP contribution in [0.4, 0.5) is 11.5 Å². The van der Waals surface area contributed by atoms with E-state index in [1.165, 1.54) is 0 Å². The van der Waals surface area contributed by atoms with Crippen LogP contribution in [0.25, 0.3) is 0 Å². The van der Waals surface area contributed by atoms with Crippen LogP contribution < -0.4 is 9.80 Å². The first kappa shape index (κ1) is 28.3. The number of rotatable bonds is 6. The third-order valence-electron chi connectivity index (χ3n) is 7.00. The Kier molecular flexibility index (Phi) is 9.38. The fraction of sp³-hybridized carbons (Fsp3) is 0.484. The average molecular weight is 531 g/mol. The maximum atomic E-state index is 14.0. The number of anilines is 2. The molecule has 1 aliphatic rings. The predicted molar refractivity (Wildman–Crippen MR) is 156 cm³/mol. The number of hydrogen-bond acceptors (Lipinski definition) is 5. The quantitative estimate of drug-likeness (QED) is 0.451. The van der Waals surface area contributed by atoms with Crippen molar-refractivity contribution in [3.8, 4) is 0 Å². The molecule has 8 heteroatoms. The summed E-state index contributed by atoms with van der Waals surface area (Å²) in [6.45, 7) is 11.4. The number of aryl methyl sites for hydroxylation is 1. The summed E-state index contributed by atoms with van der Waals surface area (Å²) < 4.78 is 1.70. The van der Waals surface area contributed by atoms with Gasteiger partial charge >= 0.3 is 0 Å². The molecule has 0 unspecified atom stereocenters. The van der Waals surface area contributed by atoms with Crippen molar-refractivity contribution in [2.24, 2.45) is 18.9 Å². The van der Waals surface area contributed by atoms with E-state index in [2.05, 4.69) is 42.7 Å². The van der Waals surface area contributed by atoms with Crippen LogP contribution in [0.3, 0.4) is 0 Å². The van der Waals surface area contributed by atoms with Crippen molar-refractivity contribution in [1.29, 1.82) is 0 Å². The zero-order valence-corrected chi connectivity index (χ0v) is 24.0. The number of benzene rings is 1. The molecule has 208 valence electrons. The van der Waals surface area contributed by atoms with Crippen LogP contribution in [0.2, 0.25) is 0 Å². The molecular weight excluding hydrogens is 488 g/mol. The van der Waals surface area contributed by atoms with Crippen molar-refractivity contribution in [3.63, 3.8) is 0 Å². The molecule has 0 saturated carbocycles. The third kappa shape index (κ3) is 7.25. The van der Waals surface area contributed by atoms with E-state index < -0.39 is 0 Å². The van der Waals surface area contributed by atoms with Crippen molar-refractivity contribution in [1.82, 2.24) is 19.7 Å². The lowest BCUT2D eigenvalue weighted by Gasteiger charge is -2.28. The molecule has 39 heavy (non-hydrogen) atoms. The number of pyridine rings is 1. The van der Waals surface area contributed by atoms with Gasteiger partial charge in [-0.1, -0.05) is 52.0 Å². The van der Waals surface area contributed by atoms with Crippen LogP contribution >= 0.6 is 0 Å². The topological polar surface area (TPSA) is 74.6 Å². The van der Waals surface area contributed by atoms with E-state index in [0.29, 0.717) is 44.2 Å². The Bertz CT molecular complexity index is 1250. The molecule has 1 aromatic carbocycles. The summed E-state index contributed by atoms with van der Waals surface area (Å²) in [5, 5.41) is 4.62. The standard InChI is InChI=1S/C31H42N6O2/c1-23(2)19-26-21-28(34(5)33-26)31(39)36-18-17-35(29-13-8-9-14-32-29)15-10-16-37(30(38)20-24(3)4)27-12-7-6-11-25(27)22-36/h6-9,11-14,21,23-24H,10,15-20,22H2,1-5H3. The second kappa shape index (κ2) is 12.9. The zero-order valence-electron chi connectivity index (χ0n) is 24.0. The highest BCUT2D eigenvalue weighted by Gasteiger charge is 2.26. The van der Waals surface area contributed by atoms with E-state index >= 15 is 0 Å². The van der Waals surface area contributed by atoms with E-state index in [0.717, 1.165) is 42.1 Å². The average Bonchev–Trinajstić information content (AvgIpc) is 3.24. The van der Waals surface area contributed by atoms with Crippen LogP contribution in [0.5, 0.6) is 0 Å². The van der Waals surface area contributed by atoms with E-state index in [1.54, 1.807) is 10.9 Å². The van der Waals surface area contributed by atoms with Crippen molar-refractivity contribution in [3.05, 3.63) is 71.7 Å². The Morgan fingerprint density at radius 2 is 1.69 bits per heavy atom. The first-order valence-electron chi connectivity index (χ1n) is 14.1. The molecule has 3 heterocycles. The van der Waals surface area contributed by atoms with Gasteiger partial charge in [-0.15, -0.1) is 0 Å². The van der Waals surface area contributed by atoms with Gasteiger partial charge in [0.2, 0.25) is 5.91 Å². The molecule has 0 saturated heterocycles. The lowest BCUT2D eigenvalue weighted by atomic mass is 10.1. The maximum Gasteiger partial charge on any atom is 0.272 e. The second-order valence-electron chi connectivity index (χ2n) is 11.3. The van der Waals surface area contributed by atoms with Gasteiger partial charge in [-0.2, -0.15) is 5.10 Å². The van der Waals surface area contributed by atoms with Crippen molar-refractivity contribution >= 4 is 23.3 Å². The normalized spacial score (nSPS) is 14.9. The molecule has 2 amide bonds. The van der Waals surface area contributed by atoms with Gasteiger partial charge < -0.3 is 14.7 Å². The summed E-state index contributed by atoms with van der Waals surface area (Å²) >= 11 is 0. The number of fused-ring (bicyclic) bond motifs is 1. The number of aromatic nitrogens is 3. The molecule has 0 aliphatic carbocycles. The van der Waals surface area contributed by atoms with Gasteiger partial charge in [0.15, 0.2) is 0 Å². The lowest BCUT2D eigenvalue weighted by molar-refractivity contribution is -0.119. The Hall–Kier alpha value is -3.68. The van der Waals surface area contributed by atoms with Crippen molar-refractivity contribution in [2.75, 3.05) is 36.0 Å². The van der Waals surface area contributed by atoms with Crippen LogP contribution in [-0.2, 0) is 24.8 Å². The summed E-state index contributed by atoms with van der Waals surface area (Å²) in [6, 6.07) is 15.8. The zero-order chi connectivity index (χ0) is 27.9. The molecule has 8 nitrogen and oxygen atoms in total. The summed E-state index contributed by atoms with van der Waals surface area (Å²) in [5.74, 6) is 1.64. The van der Waals surface area contributed by atoms with Crippen LogP contribution in [0.15, 0.2) is 54.7 Å². The van der Waals surface area contributed by atoms with E-state index in [1.807, 2.05) is 65.4 Å². The van der Waals surface area contributed by atoms with Crippen LogP contribution in [-0.4, -0.2) is 57.7 Å². The molecule has 0 N–H and O–H groups in total. The smallest absolute Gasteiger partial charge is 0.272 e. The minimum absolute atomic E-state index is 0.0601. The fourth-order valence-electron chi connectivity index (χ4n) is 5.15. The number of nitrogens with zero attached hydrogens (tertiary/aromatic N) is 6. The lowest BCUT2D eigenvalue weighted by Crippen LogP contribution is -2.39. The van der Waals surface area contributed by atoms with Gasteiger partial charge in [0.25, 0.3) is 5.91 Å². The summed E-state index contributed by atoms with van der Waals surface area (Å²) in [5.41, 5.74) is 3.36. The van der Waals surface area contributed by atoms with Crippen molar-refractivity contribution < 1.29 is 9.59 Å². The van der Waals surface area contributed by atoms with Gasteiger partial charge in [0.05, 0.1) is 5.69 Å². The number of para-hydroxylation sites is 1. The first-order valence-corrected chi connectivity index (χ1v) is 14.1. The summed E-state index contributed by atoms with van der Waals surface area (Å²) in [6.07, 6.45) is 3.89. The Morgan fingerprint density at radius 1 is 0.923 bits per heavy atom. The third-order valence-corrected chi connectivity index (χ3v) is 7.00. The molecule has 4 rings (SSSR count). The van der Waals surface area contributed by atoms with E-state index in [-0.39, 0.29) is 17.7 Å². The Labute approximate surface area is 232 Å². The number of amides is 2. The predicted octanol–water partition coefficient (Wildman–Crippen LogP) is 4.95. The van der Waals surface area contributed by atoms with Gasteiger partial charge in [-0.3, -0.25) is 14.3 Å². The monoisotopic (exact) mass is 530 g/mol. The molecule has 0 atom stereocenters. The summed E-state index contributed by atoms with van der Waals surface area (Å²) in [4.78, 5) is 38.1. The van der Waals surface area contributed by atoms with Gasteiger partial charge in [0, 0.05) is 58.1 Å². The van der Waals surface area contributed by atoms with Gasteiger partial charge in [-0.25, -0.2) is 4.98 Å². The molecule has 1 aliphatic heterocycles.